The Kier molecular flexibility index (Phi) is 3.23. The first-order valence-electron chi connectivity index (χ1n) is 5.22. The van der Waals surface area contributed by atoms with Crippen LogP contribution in [-0.4, -0.2) is 5.91 Å². The van der Waals surface area contributed by atoms with Gasteiger partial charge in [-0.15, -0.1) is 0 Å². The van der Waals surface area contributed by atoms with E-state index in [1.807, 2.05) is 54.6 Å². The molecule has 2 nitrogen and oxygen atoms in total. The topological polar surface area (TPSA) is 43.1 Å². The highest BCUT2D eigenvalue weighted by molar-refractivity contribution is 5.92. The molecule has 0 aliphatic carbocycles. The largest absolute Gasteiger partial charge is 0.359 e. The van der Waals surface area contributed by atoms with Crippen LogP contribution in [0.25, 0.3) is 11.1 Å². The summed E-state index contributed by atoms with van der Waals surface area (Å²) in [5.41, 5.74) is 8.00. The minimum atomic E-state index is -0.614. The molecule has 17 heavy (non-hydrogen) atoms. The summed E-state index contributed by atoms with van der Waals surface area (Å²) < 4.78 is 0. The highest BCUT2D eigenvalue weighted by Gasteiger charge is 1.95. The molecular weight excluding hydrogens is 210 g/mol. The molecule has 82 valence electrons. The van der Waals surface area contributed by atoms with Crippen LogP contribution < -0.4 is 5.73 Å². The average Bonchev–Trinajstić information content (AvgIpc) is 2.38. The Morgan fingerprint density at radius 1 is 0.882 bits per heavy atom. The molecule has 2 N–H and O–H groups in total. The lowest BCUT2D eigenvalue weighted by molar-refractivity contribution is -0.112. The Hall–Kier alpha value is -2.53. The third kappa shape index (κ3) is 2.96. The fraction of sp³-hybridized carbons (Fsp3) is 0. The minimum Gasteiger partial charge on any atom is -0.359 e. The van der Waals surface area contributed by atoms with Crippen LogP contribution in [0.3, 0.4) is 0 Å². The number of carbonyl (C=O) groups excluding carboxylic acids is 1. The van der Waals surface area contributed by atoms with E-state index in [1.54, 1.807) is 0 Å². The minimum absolute atomic E-state index is 0.614. The first kappa shape index (κ1) is 11.0. The van der Waals surface area contributed by atoms with Crippen molar-refractivity contribution in [2.75, 3.05) is 0 Å². The van der Waals surface area contributed by atoms with Gasteiger partial charge in [-0.05, 0) is 29.2 Å². The van der Waals surface area contributed by atoms with Gasteiger partial charge in [0.1, 0.15) is 0 Å². The van der Waals surface area contributed by atoms with Gasteiger partial charge in [-0.1, -0.05) is 48.4 Å². The zero-order valence-corrected chi connectivity index (χ0v) is 9.18. The van der Waals surface area contributed by atoms with Gasteiger partial charge >= 0.3 is 0 Å². The van der Waals surface area contributed by atoms with E-state index in [2.05, 4.69) is 11.8 Å². The molecule has 0 saturated carbocycles. The fourth-order valence-electron chi connectivity index (χ4n) is 1.51. The van der Waals surface area contributed by atoms with E-state index in [0.29, 0.717) is 0 Å². The zero-order chi connectivity index (χ0) is 12.1. The first-order valence-corrected chi connectivity index (χ1v) is 5.22. The van der Waals surface area contributed by atoms with Crippen molar-refractivity contribution in [3.8, 4) is 23.0 Å². The molecule has 2 aromatic carbocycles. The Bertz CT molecular complexity index is 574. The van der Waals surface area contributed by atoms with E-state index in [4.69, 9.17) is 5.73 Å². The summed E-state index contributed by atoms with van der Waals surface area (Å²) in [6.07, 6.45) is 0. The maximum Gasteiger partial charge on any atom is 0.293 e. The molecule has 0 atom stereocenters. The number of primary amides is 1. The molecule has 0 aromatic heterocycles. The smallest absolute Gasteiger partial charge is 0.293 e. The fourth-order valence-corrected chi connectivity index (χ4v) is 1.51. The second-order valence-electron chi connectivity index (χ2n) is 3.56. The van der Waals surface area contributed by atoms with Crippen LogP contribution in [0.15, 0.2) is 54.6 Å². The predicted molar refractivity (Wildman–Crippen MR) is 68.0 cm³/mol. The van der Waals surface area contributed by atoms with Crippen LogP contribution in [0, 0.1) is 11.8 Å². The van der Waals surface area contributed by atoms with Gasteiger partial charge in [0.25, 0.3) is 5.91 Å². The van der Waals surface area contributed by atoms with E-state index in [-0.39, 0.29) is 0 Å². The Balaban J connectivity index is 2.26. The van der Waals surface area contributed by atoms with Gasteiger partial charge in [-0.3, -0.25) is 4.79 Å². The number of carbonyl (C=O) groups is 1. The summed E-state index contributed by atoms with van der Waals surface area (Å²) in [5, 5.41) is 0. The standard InChI is InChI=1S/C15H11NO/c16-15(17)11-8-12-6-9-14(10-7-12)13-4-2-1-3-5-13/h1-7,9-10H,(H2,16,17). The molecule has 2 heteroatoms. The Morgan fingerprint density at radius 3 is 2.06 bits per heavy atom. The molecule has 1 amide bonds. The van der Waals surface area contributed by atoms with Crippen molar-refractivity contribution < 1.29 is 4.79 Å². The average molecular weight is 221 g/mol. The second kappa shape index (κ2) is 5.00. The van der Waals surface area contributed by atoms with Crippen LogP contribution >= 0.6 is 0 Å². The number of hydrogen-bond acceptors (Lipinski definition) is 1. The summed E-state index contributed by atoms with van der Waals surface area (Å²) in [6, 6.07) is 17.8. The summed E-state index contributed by atoms with van der Waals surface area (Å²) in [5.74, 6) is 4.39. The molecule has 0 unspecified atom stereocenters. The van der Waals surface area contributed by atoms with E-state index >= 15 is 0 Å². The molecule has 0 aliphatic rings. The number of rotatable bonds is 1. The molecule has 0 heterocycles. The normalized spacial score (nSPS) is 9.18. The summed E-state index contributed by atoms with van der Waals surface area (Å²) >= 11 is 0. The third-order valence-electron chi connectivity index (χ3n) is 2.32. The van der Waals surface area contributed by atoms with Gasteiger partial charge in [-0.2, -0.15) is 0 Å². The summed E-state index contributed by atoms with van der Waals surface area (Å²) in [6.45, 7) is 0. The van der Waals surface area contributed by atoms with Gasteiger partial charge < -0.3 is 5.73 Å². The van der Waals surface area contributed by atoms with Crippen LogP contribution in [-0.2, 0) is 4.79 Å². The first-order chi connectivity index (χ1) is 8.25. The van der Waals surface area contributed by atoms with Gasteiger partial charge in [0.2, 0.25) is 0 Å². The molecule has 0 radical (unpaired) electrons. The Labute approximate surface area is 100 Å². The predicted octanol–water partition coefficient (Wildman–Crippen LogP) is 2.19. The van der Waals surface area contributed by atoms with E-state index < -0.39 is 5.91 Å². The number of amides is 1. The summed E-state index contributed by atoms with van der Waals surface area (Å²) in [4.78, 5) is 10.5. The second-order valence-corrected chi connectivity index (χ2v) is 3.56. The van der Waals surface area contributed by atoms with Crippen molar-refractivity contribution in [2.45, 2.75) is 0 Å². The number of hydrogen-bond donors (Lipinski definition) is 1. The van der Waals surface area contributed by atoms with Crippen molar-refractivity contribution in [1.82, 2.24) is 0 Å². The third-order valence-corrected chi connectivity index (χ3v) is 2.32. The molecule has 0 saturated heterocycles. The molecular formula is C15H11NO. The quantitative estimate of drug-likeness (QED) is 0.737. The lowest BCUT2D eigenvalue weighted by Crippen LogP contribution is -2.06. The van der Waals surface area contributed by atoms with Crippen LogP contribution in [0.2, 0.25) is 0 Å². The van der Waals surface area contributed by atoms with Crippen molar-refractivity contribution >= 4 is 5.91 Å². The maximum atomic E-state index is 10.5. The van der Waals surface area contributed by atoms with Crippen LogP contribution in [0.1, 0.15) is 5.56 Å². The molecule has 0 bridgehead atoms. The van der Waals surface area contributed by atoms with E-state index in [1.165, 1.54) is 0 Å². The molecule has 0 fully saturated rings. The van der Waals surface area contributed by atoms with Crippen molar-refractivity contribution in [2.24, 2.45) is 5.73 Å². The highest BCUT2D eigenvalue weighted by atomic mass is 16.1. The van der Waals surface area contributed by atoms with E-state index in [0.717, 1.165) is 16.7 Å². The lowest BCUT2D eigenvalue weighted by atomic mass is 10.0. The zero-order valence-electron chi connectivity index (χ0n) is 9.18. The molecule has 2 rings (SSSR count). The maximum absolute atomic E-state index is 10.5. The monoisotopic (exact) mass is 221 g/mol. The van der Waals surface area contributed by atoms with Gasteiger partial charge in [0.15, 0.2) is 0 Å². The van der Waals surface area contributed by atoms with Crippen LogP contribution in [0.4, 0.5) is 0 Å². The van der Waals surface area contributed by atoms with Gasteiger partial charge in [-0.25, -0.2) is 0 Å². The SMILES string of the molecule is NC(=O)C#Cc1ccc(-c2ccccc2)cc1. The van der Waals surface area contributed by atoms with Gasteiger partial charge in [0, 0.05) is 5.56 Å². The number of benzene rings is 2. The Morgan fingerprint density at radius 2 is 1.47 bits per heavy atom. The van der Waals surface area contributed by atoms with Gasteiger partial charge in [0.05, 0.1) is 0 Å². The van der Waals surface area contributed by atoms with E-state index in [9.17, 15) is 4.79 Å². The van der Waals surface area contributed by atoms with Crippen LogP contribution in [0.5, 0.6) is 0 Å². The molecule has 0 spiro atoms. The molecule has 2 aromatic rings. The highest BCUT2D eigenvalue weighted by Crippen LogP contribution is 2.18. The van der Waals surface area contributed by atoms with Crippen molar-refractivity contribution in [1.29, 1.82) is 0 Å². The summed E-state index contributed by atoms with van der Waals surface area (Å²) in [7, 11) is 0. The number of nitrogens with two attached hydrogens (primary N) is 1. The van der Waals surface area contributed by atoms with Crippen molar-refractivity contribution in [3.63, 3.8) is 0 Å². The lowest BCUT2D eigenvalue weighted by Gasteiger charge is -2.00. The van der Waals surface area contributed by atoms with Crippen molar-refractivity contribution in [3.05, 3.63) is 60.2 Å². The molecule has 0 aliphatic heterocycles.